The Hall–Kier alpha value is -0.860. The van der Waals surface area contributed by atoms with Crippen molar-refractivity contribution in [1.29, 1.82) is 0 Å². The second-order valence-corrected chi connectivity index (χ2v) is 5.54. The van der Waals surface area contributed by atoms with Gasteiger partial charge in [0.15, 0.2) is 0 Å². The van der Waals surface area contributed by atoms with Crippen LogP contribution in [0.1, 0.15) is 30.7 Å². The molecule has 0 bridgehead atoms. The Morgan fingerprint density at radius 2 is 1.82 bits per heavy atom. The summed E-state index contributed by atoms with van der Waals surface area (Å²) in [5, 5.41) is 9.48. The van der Waals surface area contributed by atoms with E-state index in [9.17, 15) is 5.11 Å². The lowest BCUT2D eigenvalue weighted by Crippen LogP contribution is -2.37. The third-order valence-electron chi connectivity index (χ3n) is 4.20. The highest BCUT2D eigenvalue weighted by molar-refractivity contribution is 5.25. The fourth-order valence-electron chi connectivity index (χ4n) is 2.99. The molecule has 2 aliphatic rings. The molecule has 1 heterocycles. The van der Waals surface area contributed by atoms with Crippen LogP contribution in [-0.4, -0.2) is 35.7 Å². The summed E-state index contributed by atoms with van der Waals surface area (Å²) in [6, 6.07) is 10.9. The van der Waals surface area contributed by atoms with Crippen molar-refractivity contribution in [3.8, 4) is 0 Å². The fraction of sp³-hybridized carbons (Fsp3) is 0.600. The summed E-state index contributed by atoms with van der Waals surface area (Å²) in [4.78, 5) is 2.53. The van der Waals surface area contributed by atoms with Crippen LogP contribution >= 0.6 is 0 Å². The first-order valence-corrected chi connectivity index (χ1v) is 6.78. The molecule has 1 aliphatic carbocycles. The summed E-state index contributed by atoms with van der Waals surface area (Å²) >= 11 is 0. The first kappa shape index (κ1) is 11.2. The molecule has 1 saturated heterocycles. The van der Waals surface area contributed by atoms with E-state index >= 15 is 0 Å². The summed E-state index contributed by atoms with van der Waals surface area (Å²) in [5.74, 6) is 1.65. The van der Waals surface area contributed by atoms with Gasteiger partial charge in [-0.15, -0.1) is 0 Å². The summed E-state index contributed by atoms with van der Waals surface area (Å²) in [6.45, 7) is 3.39. The van der Waals surface area contributed by atoms with Crippen LogP contribution in [0.4, 0.5) is 0 Å². The zero-order valence-electron chi connectivity index (χ0n) is 10.3. The van der Waals surface area contributed by atoms with Gasteiger partial charge in [-0.25, -0.2) is 0 Å². The first-order chi connectivity index (χ1) is 8.33. The smallest absolute Gasteiger partial charge is 0.0564 e. The lowest BCUT2D eigenvalue weighted by Gasteiger charge is -2.29. The Kier molecular flexibility index (Phi) is 3.17. The Bertz CT molecular complexity index is 356. The Balaban J connectivity index is 1.49. The molecule has 1 aromatic carbocycles. The van der Waals surface area contributed by atoms with Crippen molar-refractivity contribution in [1.82, 2.24) is 4.90 Å². The lowest BCUT2D eigenvalue weighted by atomic mass is 10.1. The maximum atomic E-state index is 9.48. The predicted molar refractivity (Wildman–Crippen MR) is 69.0 cm³/mol. The van der Waals surface area contributed by atoms with Gasteiger partial charge in [0.2, 0.25) is 0 Å². The molecular weight excluding hydrogens is 210 g/mol. The van der Waals surface area contributed by atoms with Crippen molar-refractivity contribution in [3.63, 3.8) is 0 Å². The Morgan fingerprint density at radius 1 is 1.12 bits per heavy atom. The van der Waals surface area contributed by atoms with E-state index in [0.29, 0.717) is 0 Å². The number of benzene rings is 1. The molecule has 2 heteroatoms. The lowest BCUT2D eigenvalue weighted by molar-refractivity contribution is 0.0802. The number of hydrogen-bond donors (Lipinski definition) is 1. The monoisotopic (exact) mass is 231 g/mol. The van der Waals surface area contributed by atoms with Gasteiger partial charge < -0.3 is 10.0 Å². The van der Waals surface area contributed by atoms with Crippen LogP contribution in [0, 0.1) is 5.92 Å². The van der Waals surface area contributed by atoms with E-state index in [2.05, 4.69) is 35.2 Å². The normalized spacial score (nSPS) is 30.4. The predicted octanol–water partition coefficient (Wildman–Crippen LogP) is 2.25. The maximum absolute atomic E-state index is 9.48. The Morgan fingerprint density at radius 3 is 2.53 bits per heavy atom. The summed E-state index contributed by atoms with van der Waals surface area (Å²) in [7, 11) is 0. The molecule has 2 nitrogen and oxygen atoms in total. The molecule has 2 fully saturated rings. The van der Waals surface area contributed by atoms with Crippen LogP contribution in [0.3, 0.4) is 0 Å². The van der Waals surface area contributed by atoms with E-state index in [1.54, 1.807) is 0 Å². The molecule has 1 N–H and O–H groups in total. The largest absolute Gasteiger partial charge is 0.393 e. The zero-order chi connectivity index (χ0) is 11.7. The summed E-state index contributed by atoms with van der Waals surface area (Å²) < 4.78 is 0. The van der Waals surface area contributed by atoms with Crippen LogP contribution in [-0.2, 0) is 0 Å². The fourth-order valence-corrected chi connectivity index (χ4v) is 2.99. The molecule has 1 aromatic rings. The molecule has 2 atom stereocenters. The molecule has 0 aromatic heterocycles. The van der Waals surface area contributed by atoms with E-state index in [4.69, 9.17) is 0 Å². The van der Waals surface area contributed by atoms with Gasteiger partial charge >= 0.3 is 0 Å². The zero-order valence-corrected chi connectivity index (χ0v) is 10.3. The SMILES string of the molecule is OC1CCN(CC2CC2c2ccccc2)CC1. The molecule has 0 radical (unpaired) electrons. The number of rotatable bonds is 3. The number of piperidine rings is 1. The highest BCUT2D eigenvalue weighted by Crippen LogP contribution is 2.47. The average Bonchev–Trinajstić information content (AvgIpc) is 3.13. The van der Waals surface area contributed by atoms with Gasteiger partial charge in [-0.05, 0) is 36.7 Å². The van der Waals surface area contributed by atoms with Crippen molar-refractivity contribution in [2.75, 3.05) is 19.6 Å². The van der Waals surface area contributed by atoms with Crippen LogP contribution in [0.15, 0.2) is 30.3 Å². The van der Waals surface area contributed by atoms with Crippen LogP contribution < -0.4 is 0 Å². The molecular formula is C15H21NO. The number of nitrogens with zero attached hydrogens (tertiary/aromatic N) is 1. The average molecular weight is 231 g/mol. The van der Waals surface area contributed by atoms with Crippen molar-refractivity contribution < 1.29 is 5.11 Å². The molecule has 17 heavy (non-hydrogen) atoms. The van der Waals surface area contributed by atoms with Crippen LogP contribution in [0.2, 0.25) is 0 Å². The van der Waals surface area contributed by atoms with Crippen LogP contribution in [0.5, 0.6) is 0 Å². The standard InChI is InChI=1S/C15H21NO/c17-14-6-8-16(9-7-14)11-13-10-15(13)12-4-2-1-3-5-12/h1-5,13-15,17H,6-11H2. The van der Waals surface area contributed by atoms with E-state index in [0.717, 1.165) is 37.8 Å². The summed E-state index contributed by atoms with van der Waals surface area (Å²) in [6.07, 6.45) is 3.23. The number of aliphatic hydroxyl groups excluding tert-OH is 1. The second kappa shape index (κ2) is 4.79. The van der Waals surface area contributed by atoms with Crippen LogP contribution in [0.25, 0.3) is 0 Å². The first-order valence-electron chi connectivity index (χ1n) is 6.78. The molecule has 0 amide bonds. The van der Waals surface area contributed by atoms with Crippen molar-refractivity contribution in [2.45, 2.75) is 31.3 Å². The van der Waals surface area contributed by atoms with E-state index < -0.39 is 0 Å². The van der Waals surface area contributed by atoms with Gasteiger partial charge in [-0.1, -0.05) is 30.3 Å². The Labute approximate surface area is 103 Å². The molecule has 2 unspecified atom stereocenters. The minimum Gasteiger partial charge on any atom is -0.393 e. The quantitative estimate of drug-likeness (QED) is 0.862. The van der Waals surface area contributed by atoms with Crippen molar-refractivity contribution >= 4 is 0 Å². The molecule has 0 spiro atoms. The minimum atomic E-state index is -0.0460. The van der Waals surface area contributed by atoms with E-state index in [1.165, 1.54) is 18.5 Å². The molecule has 1 saturated carbocycles. The third-order valence-corrected chi connectivity index (χ3v) is 4.20. The van der Waals surface area contributed by atoms with E-state index in [1.807, 2.05) is 0 Å². The molecule has 3 rings (SSSR count). The van der Waals surface area contributed by atoms with Gasteiger partial charge in [-0.2, -0.15) is 0 Å². The highest BCUT2D eigenvalue weighted by atomic mass is 16.3. The highest BCUT2D eigenvalue weighted by Gasteiger charge is 2.39. The van der Waals surface area contributed by atoms with Gasteiger partial charge in [-0.3, -0.25) is 0 Å². The minimum absolute atomic E-state index is 0.0460. The molecule has 1 aliphatic heterocycles. The second-order valence-electron chi connectivity index (χ2n) is 5.54. The van der Waals surface area contributed by atoms with Crippen molar-refractivity contribution in [2.24, 2.45) is 5.92 Å². The maximum Gasteiger partial charge on any atom is 0.0564 e. The topological polar surface area (TPSA) is 23.5 Å². The summed E-state index contributed by atoms with van der Waals surface area (Å²) in [5.41, 5.74) is 1.51. The third kappa shape index (κ3) is 2.70. The van der Waals surface area contributed by atoms with Gasteiger partial charge in [0.25, 0.3) is 0 Å². The van der Waals surface area contributed by atoms with Gasteiger partial charge in [0.1, 0.15) is 0 Å². The van der Waals surface area contributed by atoms with E-state index in [-0.39, 0.29) is 6.10 Å². The van der Waals surface area contributed by atoms with Gasteiger partial charge in [0.05, 0.1) is 6.10 Å². The number of likely N-dealkylation sites (tertiary alicyclic amines) is 1. The molecule has 92 valence electrons. The van der Waals surface area contributed by atoms with Gasteiger partial charge in [0, 0.05) is 19.6 Å². The van der Waals surface area contributed by atoms with Crippen molar-refractivity contribution in [3.05, 3.63) is 35.9 Å². The number of hydrogen-bond acceptors (Lipinski definition) is 2. The number of aliphatic hydroxyl groups is 1.